The van der Waals surface area contributed by atoms with Crippen molar-refractivity contribution < 1.29 is 0 Å². The number of nitrogens with zero attached hydrogens (tertiary/aromatic N) is 3. The highest BCUT2D eigenvalue weighted by molar-refractivity contribution is 5.64. The van der Waals surface area contributed by atoms with E-state index in [-0.39, 0.29) is 0 Å². The van der Waals surface area contributed by atoms with Crippen LogP contribution in [0.1, 0.15) is 16.8 Å². The molecule has 1 aromatic carbocycles. The molecule has 1 heterocycles. The van der Waals surface area contributed by atoms with Crippen LogP contribution >= 0.6 is 0 Å². The Morgan fingerprint density at radius 2 is 2.05 bits per heavy atom. The van der Waals surface area contributed by atoms with Gasteiger partial charge in [0.25, 0.3) is 0 Å². The molecule has 0 spiro atoms. The second kappa shape index (κ2) is 5.45. The van der Waals surface area contributed by atoms with Crippen LogP contribution in [0, 0.1) is 13.8 Å². The lowest BCUT2D eigenvalue weighted by Crippen LogP contribution is -2.17. The molecule has 2 rings (SSSR count). The van der Waals surface area contributed by atoms with Crippen LogP contribution in [0.25, 0.3) is 0 Å². The quantitative estimate of drug-likeness (QED) is 0.915. The van der Waals surface area contributed by atoms with Crippen molar-refractivity contribution in [2.24, 2.45) is 7.05 Å². The summed E-state index contributed by atoms with van der Waals surface area (Å²) in [6.45, 7) is 4.99. The van der Waals surface area contributed by atoms with Gasteiger partial charge < -0.3 is 10.2 Å². The van der Waals surface area contributed by atoms with Crippen molar-refractivity contribution in [3.63, 3.8) is 0 Å². The molecule has 0 radical (unpaired) electrons. The molecule has 0 aliphatic heterocycles. The molecule has 0 bridgehead atoms. The normalized spacial score (nSPS) is 10.8. The zero-order valence-electron chi connectivity index (χ0n) is 12.4. The fourth-order valence-electron chi connectivity index (χ4n) is 2.45. The monoisotopic (exact) mass is 258 g/mol. The van der Waals surface area contributed by atoms with Gasteiger partial charge in [0.1, 0.15) is 5.82 Å². The fourth-order valence-corrected chi connectivity index (χ4v) is 2.45. The highest BCUT2D eigenvalue weighted by Gasteiger charge is 2.17. The van der Waals surface area contributed by atoms with Gasteiger partial charge in [0, 0.05) is 31.9 Å². The minimum atomic E-state index is 0.825. The summed E-state index contributed by atoms with van der Waals surface area (Å²) in [5, 5.41) is 7.75. The molecule has 0 aliphatic carbocycles. The van der Waals surface area contributed by atoms with E-state index in [1.54, 1.807) is 0 Å². The molecule has 0 unspecified atom stereocenters. The lowest BCUT2D eigenvalue weighted by atomic mass is 10.2. The van der Waals surface area contributed by atoms with E-state index in [2.05, 4.69) is 60.5 Å². The number of hydrogen-bond donors (Lipinski definition) is 1. The van der Waals surface area contributed by atoms with E-state index in [4.69, 9.17) is 0 Å². The van der Waals surface area contributed by atoms with Crippen molar-refractivity contribution in [3.8, 4) is 0 Å². The molecule has 4 heteroatoms. The molecular weight excluding hydrogens is 236 g/mol. The number of aryl methyl sites for hydroxylation is 3. The summed E-state index contributed by atoms with van der Waals surface area (Å²) < 4.78 is 1.95. The van der Waals surface area contributed by atoms with Crippen molar-refractivity contribution >= 4 is 11.5 Å². The molecule has 0 saturated heterocycles. The van der Waals surface area contributed by atoms with Crippen molar-refractivity contribution in [1.82, 2.24) is 15.1 Å². The van der Waals surface area contributed by atoms with Crippen LogP contribution in [0.4, 0.5) is 11.5 Å². The van der Waals surface area contributed by atoms with E-state index < -0.39 is 0 Å². The average molecular weight is 258 g/mol. The number of benzene rings is 1. The van der Waals surface area contributed by atoms with Crippen molar-refractivity contribution in [2.45, 2.75) is 20.4 Å². The maximum atomic E-state index is 4.53. The third-order valence-corrected chi connectivity index (χ3v) is 3.37. The Hall–Kier alpha value is -1.81. The second-order valence-corrected chi connectivity index (χ2v) is 4.94. The predicted molar refractivity (Wildman–Crippen MR) is 80.0 cm³/mol. The zero-order valence-corrected chi connectivity index (χ0v) is 12.4. The third-order valence-electron chi connectivity index (χ3n) is 3.37. The highest BCUT2D eigenvalue weighted by Crippen LogP contribution is 2.28. The molecule has 0 fully saturated rings. The summed E-state index contributed by atoms with van der Waals surface area (Å²) in [7, 11) is 6.04. The minimum absolute atomic E-state index is 0.825. The Bertz CT molecular complexity index is 572. The Kier molecular flexibility index (Phi) is 3.90. The van der Waals surface area contributed by atoms with E-state index in [1.807, 2.05) is 18.8 Å². The van der Waals surface area contributed by atoms with Crippen LogP contribution in [0.2, 0.25) is 0 Å². The van der Waals surface area contributed by atoms with E-state index in [9.17, 15) is 0 Å². The first kappa shape index (κ1) is 13.6. The van der Waals surface area contributed by atoms with E-state index in [1.165, 1.54) is 16.8 Å². The van der Waals surface area contributed by atoms with Gasteiger partial charge in [0.05, 0.1) is 5.69 Å². The lowest BCUT2D eigenvalue weighted by Gasteiger charge is -2.21. The van der Waals surface area contributed by atoms with Gasteiger partial charge in [0.2, 0.25) is 0 Å². The second-order valence-electron chi connectivity index (χ2n) is 4.94. The fraction of sp³-hybridized carbons (Fsp3) is 0.400. The summed E-state index contributed by atoms with van der Waals surface area (Å²) in [5.41, 5.74) is 4.76. The Labute approximate surface area is 115 Å². The number of hydrogen-bond acceptors (Lipinski definition) is 3. The van der Waals surface area contributed by atoms with Crippen molar-refractivity contribution in [3.05, 3.63) is 41.1 Å². The van der Waals surface area contributed by atoms with Gasteiger partial charge in [-0.15, -0.1) is 0 Å². The predicted octanol–water partition coefficient (Wildman–Crippen LogP) is 2.52. The molecule has 1 aromatic heterocycles. The largest absolute Gasteiger partial charge is 0.329 e. The van der Waals surface area contributed by atoms with E-state index in [0.717, 1.165) is 18.1 Å². The van der Waals surface area contributed by atoms with Crippen LogP contribution in [0.15, 0.2) is 24.3 Å². The zero-order chi connectivity index (χ0) is 14.0. The number of aromatic nitrogens is 2. The molecular formula is C15H22N4. The maximum Gasteiger partial charge on any atom is 0.135 e. The van der Waals surface area contributed by atoms with E-state index >= 15 is 0 Å². The molecule has 19 heavy (non-hydrogen) atoms. The summed E-state index contributed by atoms with van der Waals surface area (Å²) in [6, 6.07) is 8.51. The smallest absolute Gasteiger partial charge is 0.135 e. The van der Waals surface area contributed by atoms with Gasteiger partial charge in [-0.25, -0.2) is 0 Å². The number of rotatable bonds is 4. The Morgan fingerprint density at radius 3 is 2.68 bits per heavy atom. The number of anilines is 2. The maximum absolute atomic E-state index is 4.53. The standard InChI is InChI=1S/C15H22N4/c1-11-7-6-8-13(9-11)18(4)15-14(10-16-3)12(2)17-19(15)5/h6-9,16H,10H2,1-5H3. The van der Waals surface area contributed by atoms with Crippen LogP contribution in [0.3, 0.4) is 0 Å². The summed E-state index contributed by atoms with van der Waals surface area (Å²) in [6.07, 6.45) is 0. The van der Waals surface area contributed by atoms with Crippen molar-refractivity contribution in [2.75, 3.05) is 19.0 Å². The van der Waals surface area contributed by atoms with Gasteiger partial charge in [-0.2, -0.15) is 5.10 Å². The molecule has 0 amide bonds. The Morgan fingerprint density at radius 1 is 1.32 bits per heavy atom. The third kappa shape index (κ3) is 2.63. The topological polar surface area (TPSA) is 33.1 Å². The van der Waals surface area contributed by atoms with Crippen molar-refractivity contribution in [1.29, 1.82) is 0 Å². The van der Waals surface area contributed by atoms with E-state index in [0.29, 0.717) is 0 Å². The first-order valence-electron chi connectivity index (χ1n) is 6.52. The van der Waals surface area contributed by atoms with Crippen LogP contribution in [-0.4, -0.2) is 23.9 Å². The molecule has 4 nitrogen and oxygen atoms in total. The minimum Gasteiger partial charge on any atom is -0.329 e. The van der Waals surface area contributed by atoms with Gasteiger partial charge in [-0.05, 0) is 38.6 Å². The molecule has 0 saturated carbocycles. The molecule has 2 aromatic rings. The van der Waals surface area contributed by atoms with Gasteiger partial charge in [0.15, 0.2) is 0 Å². The Balaban J connectivity index is 2.46. The number of nitrogens with one attached hydrogen (secondary N) is 1. The summed E-state index contributed by atoms with van der Waals surface area (Å²) >= 11 is 0. The van der Waals surface area contributed by atoms with Crippen LogP contribution < -0.4 is 10.2 Å². The molecule has 102 valence electrons. The molecule has 0 atom stereocenters. The average Bonchev–Trinajstić information content (AvgIpc) is 2.64. The molecule has 0 aliphatic rings. The van der Waals surface area contributed by atoms with Gasteiger partial charge in [-0.3, -0.25) is 4.68 Å². The van der Waals surface area contributed by atoms with Gasteiger partial charge in [-0.1, -0.05) is 12.1 Å². The molecule has 1 N–H and O–H groups in total. The summed E-state index contributed by atoms with van der Waals surface area (Å²) in [4.78, 5) is 2.19. The van der Waals surface area contributed by atoms with Crippen LogP contribution in [-0.2, 0) is 13.6 Å². The first-order valence-corrected chi connectivity index (χ1v) is 6.52. The lowest BCUT2D eigenvalue weighted by molar-refractivity contribution is 0.749. The first-order chi connectivity index (χ1) is 9.04. The highest BCUT2D eigenvalue weighted by atomic mass is 15.4. The summed E-state index contributed by atoms with van der Waals surface area (Å²) in [5.74, 6) is 1.14. The van der Waals surface area contributed by atoms with Crippen LogP contribution in [0.5, 0.6) is 0 Å². The SMILES string of the molecule is CNCc1c(C)nn(C)c1N(C)c1cccc(C)c1. The van der Waals surface area contributed by atoms with Gasteiger partial charge >= 0.3 is 0 Å².